The summed E-state index contributed by atoms with van der Waals surface area (Å²) in [7, 11) is 1.65. The molecule has 0 unspecified atom stereocenters. The number of carbonyl (C=O) groups is 1. The third kappa shape index (κ3) is 4.49. The lowest BCUT2D eigenvalue weighted by Crippen LogP contribution is -2.35. The van der Waals surface area contributed by atoms with Crippen molar-refractivity contribution in [1.29, 1.82) is 0 Å². The average Bonchev–Trinajstić information content (AvgIpc) is 2.66. The molecule has 132 valence electrons. The SMILES string of the molecule is CNC(=O)CCc1cc(C)nc([C@@H]2CCCN(c3cnccn3)C2)n1. The van der Waals surface area contributed by atoms with Gasteiger partial charge < -0.3 is 10.2 Å². The van der Waals surface area contributed by atoms with Crippen LogP contribution in [0.3, 0.4) is 0 Å². The fourth-order valence-corrected chi connectivity index (χ4v) is 3.19. The standard InChI is InChI=1S/C18H24N6O/c1-13-10-15(5-6-17(25)19-2)23-18(22-13)14-4-3-9-24(12-14)16-11-20-7-8-21-16/h7-8,10-11,14H,3-6,9,12H2,1-2H3,(H,19,25)/t14-/m1/s1. The summed E-state index contributed by atoms with van der Waals surface area (Å²) in [5.41, 5.74) is 1.89. The van der Waals surface area contributed by atoms with Gasteiger partial charge in [-0.05, 0) is 32.3 Å². The second-order valence-corrected chi connectivity index (χ2v) is 6.38. The maximum atomic E-state index is 11.5. The van der Waals surface area contributed by atoms with Crippen LogP contribution in [0.25, 0.3) is 0 Å². The fraction of sp³-hybridized carbons (Fsp3) is 0.500. The Bertz CT molecular complexity index is 721. The molecule has 1 atom stereocenters. The largest absolute Gasteiger partial charge is 0.359 e. The number of hydrogen-bond donors (Lipinski definition) is 1. The maximum Gasteiger partial charge on any atom is 0.220 e. The summed E-state index contributed by atoms with van der Waals surface area (Å²) >= 11 is 0. The molecule has 0 aromatic carbocycles. The molecule has 7 nitrogen and oxygen atoms in total. The molecule has 0 aliphatic carbocycles. The Morgan fingerprint density at radius 3 is 3.00 bits per heavy atom. The van der Waals surface area contributed by atoms with Crippen molar-refractivity contribution in [1.82, 2.24) is 25.3 Å². The normalized spacial score (nSPS) is 17.4. The van der Waals surface area contributed by atoms with Gasteiger partial charge in [0.25, 0.3) is 0 Å². The van der Waals surface area contributed by atoms with Crippen molar-refractivity contribution in [2.75, 3.05) is 25.0 Å². The quantitative estimate of drug-likeness (QED) is 0.891. The number of hydrogen-bond acceptors (Lipinski definition) is 6. The van der Waals surface area contributed by atoms with Gasteiger partial charge in [-0.2, -0.15) is 0 Å². The van der Waals surface area contributed by atoms with Gasteiger partial charge in [-0.25, -0.2) is 15.0 Å². The lowest BCUT2D eigenvalue weighted by Gasteiger charge is -2.32. The van der Waals surface area contributed by atoms with Crippen LogP contribution < -0.4 is 10.2 Å². The minimum Gasteiger partial charge on any atom is -0.359 e. The van der Waals surface area contributed by atoms with Gasteiger partial charge in [0.15, 0.2) is 0 Å². The third-order valence-electron chi connectivity index (χ3n) is 4.47. The Morgan fingerprint density at radius 1 is 1.36 bits per heavy atom. The molecule has 1 aliphatic rings. The average molecular weight is 340 g/mol. The number of amides is 1. The zero-order valence-corrected chi connectivity index (χ0v) is 14.8. The van der Waals surface area contributed by atoms with E-state index in [2.05, 4.69) is 25.2 Å². The molecule has 0 spiro atoms. The van der Waals surface area contributed by atoms with Crippen LogP contribution in [-0.4, -0.2) is 46.0 Å². The Hall–Kier alpha value is -2.57. The van der Waals surface area contributed by atoms with Crippen LogP contribution in [0.4, 0.5) is 5.82 Å². The van der Waals surface area contributed by atoms with Gasteiger partial charge >= 0.3 is 0 Å². The number of rotatable bonds is 5. The molecule has 7 heteroatoms. The molecule has 0 bridgehead atoms. The fourth-order valence-electron chi connectivity index (χ4n) is 3.19. The van der Waals surface area contributed by atoms with E-state index in [-0.39, 0.29) is 11.8 Å². The maximum absolute atomic E-state index is 11.5. The van der Waals surface area contributed by atoms with E-state index >= 15 is 0 Å². The highest BCUT2D eigenvalue weighted by Crippen LogP contribution is 2.27. The van der Waals surface area contributed by atoms with E-state index in [1.807, 2.05) is 13.0 Å². The minimum absolute atomic E-state index is 0.0318. The molecule has 1 N–H and O–H groups in total. The second kappa shape index (κ2) is 8.00. The van der Waals surface area contributed by atoms with Gasteiger partial charge in [-0.15, -0.1) is 0 Å². The summed E-state index contributed by atoms with van der Waals surface area (Å²) in [4.78, 5) is 31.7. The molecule has 3 rings (SSSR count). The molecule has 2 aromatic heterocycles. The first-order chi connectivity index (χ1) is 12.2. The van der Waals surface area contributed by atoms with Gasteiger partial charge in [-0.1, -0.05) is 0 Å². The summed E-state index contributed by atoms with van der Waals surface area (Å²) in [6.07, 6.45) is 8.43. The van der Waals surface area contributed by atoms with E-state index in [0.29, 0.717) is 12.8 Å². The molecule has 2 aromatic rings. The monoisotopic (exact) mass is 340 g/mol. The first-order valence-corrected chi connectivity index (χ1v) is 8.71. The van der Waals surface area contributed by atoms with E-state index in [4.69, 9.17) is 4.98 Å². The summed E-state index contributed by atoms with van der Waals surface area (Å²) in [5.74, 6) is 2.08. The zero-order chi connectivity index (χ0) is 17.6. The number of carbonyl (C=O) groups excluding carboxylic acids is 1. The van der Waals surface area contributed by atoms with Crippen molar-refractivity contribution in [2.45, 2.75) is 38.5 Å². The van der Waals surface area contributed by atoms with Crippen LogP contribution in [0, 0.1) is 6.92 Å². The van der Waals surface area contributed by atoms with E-state index in [1.165, 1.54) is 0 Å². The molecule has 1 saturated heterocycles. The van der Waals surface area contributed by atoms with Gasteiger partial charge in [0.2, 0.25) is 5.91 Å². The van der Waals surface area contributed by atoms with Crippen molar-refractivity contribution in [3.63, 3.8) is 0 Å². The molecule has 1 amide bonds. The lowest BCUT2D eigenvalue weighted by molar-refractivity contribution is -0.120. The molecule has 1 aliphatic heterocycles. The molecule has 25 heavy (non-hydrogen) atoms. The van der Waals surface area contributed by atoms with E-state index in [0.717, 1.165) is 49.0 Å². The first kappa shape index (κ1) is 17.3. The predicted octanol–water partition coefficient (Wildman–Crippen LogP) is 1.64. The summed E-state index contributed by atoms with van der Waals surface area (Å²) in [6.45, 7) is 3.80. The number of aromatic nitrogens is 4. The van der Waals surface area contributed by atoms with Crippen molar-refractivity contribution < 1.29 is 4.79 Å². The number of piperidine rings is 1. The number of aryl methyl sites for hydroxylation is 2. The Morgan fingerprint density at radius 2 is 2.24 bits per heavy atom. The van der Waals surface area contributed by atoms with Crippen molar-refractivity contribution in [2.24, 2.45) is 0 Å². The summed E-state index contributed by atoms with van der Waals surface area (Å²) in [6, 6.07) is 1.97. The molecular weight excluding hydrogens is 316 g/mol. The number of anilines is 1. The van der Waals surface area contributed by atoms with Gasteiger partial charge in [0.1, 0.15) is 11.6 Å². The Kier molecular flexibility index (Phi) is 5.53. The van der Waals surface area contributed by atoms with E-state index in [9.17, 15) is 4.79 Å². The molecular formula is C18H24N6O. The van der Waals surface area contributed by atoms with Crippen LogP contribution >= 0.6 is 0 Å². The minimum atomic E-state index is 0.0318. The van der Waals surface area contributed by atoms with E-state index in [1.54, 1.807) is 25.6 Å². The van der Waals surface area contributed by atoms with Crippen LogP contribution in [0.15, 0.2) is 24.7 Å². The molecule has 0 radical (unpaired) electrons. The zero-order valence-electron chi connectivity index (χ0n) is 14.8. The predicted molar refractivity (Wildman–Crippen MR) is 95.4 cm³/mol. The third-order valence-corrected chi connectivity index (χ3v) is 4.47. The van der Waals surface area contributed by atoms with Crippen LogP contribution in [-0.2, 0) is 11.2 Å². The van der Waals surface area contributed by atoms with Crippen LogP contribution in [0.5, 0.6) is 0 Å². The smallest absolute Gasteiger partial charge is 0.220 e. The second-order valence-electron chi connectivity index (χ2n) is 6.38. The van der Waals surface area contributed by atoms with E-state index < -0.39 is 0 Å². The Labute approximate surface area is 147 Å². The van der Waals surface area contributed by atoms with Crippen LogP contribution in [0.2, 0.25) is 0 Å². The van der Waals surface area contributed by atoms with Gasteiger partial charge in [0, 0.05) is 56.3 Å². The number of nitrogens with zero attached hydrogens (tertiary/aromatic N) is 5. The van der Waals surface area contributed by atoms with Crippen molar-refractivity contribution in [3.8, 4) is 0 Å². The highest BCUT2D eigenvalue weighted by molar-refractivity contribution is 5.75. The van der Waals surface area contributed by atoms with Crippen LogP contribution in [0.1, 0.15) is 42.4 Å². The van der Waals surface area contributed by atoms with Gasteiger partial charge in [0.05, 0.1) is 6.20 Å². The van der Waals surface area contributed by atoms with Crippen molar-refractivity contribution in [3.05, 3.63) is 41.9 Å². The topological polar surface area (TPSA) is 83.9 Å². The highest BCUT2D eigenvalue weighted by atomic mass is 16.1. The molecule has 1 fully saturated rings. The Balaban J connectivity index is 1.74. The van der Waals surface area contributed by atoms with Gasteiger partial charge in [-0.3, -0.25) is 9.78 Å². The lowest BCUT2D eigenvalue weighted by atomic mass is 9.97. The molecule has 0 saturated carbocycles. The first-order valence-electron chi connectivity index (χ1n) is 8.71. The summed E-state index contributed by atoms with van der Waals surface area (Å²) < 4.78 is 0. The highest BCUT2D eigenvalue weighted by Gasteiger charge is 2.25. The summed E-state index contributed by atoms with van der Waals surface area (Å²) in [5, 5.41) is 2.65. The van der Waals surface area contributed by atoms with Crippen molar-refractivity contribution >= 4 is 11.7 Å². The number of nitrogens with one attached hydrogen (secondary N) is 1. The molecule has 3 heterocycles.